The molecule has 140 valence electrons. The number of nitrogens with zero attached hydrogens (tertiary/aromatic N) is 2. The summed E-state index contributed by atoms with van der Waals surface area (Å²) in [5, 5.41) is 6.45. The molecule has 1 amide bonds. The van der Waals surface area contributed by atoms with E-state index in [-0.39, 0.29) is 11.3 Å². The molecule has 0 saturated carbocycles. The third-order valence-corrected chi connectivity index (χ3v) is 3.49. The molecule has 2 aromatic rings. The number of carbonyl (C=O) groups is 2. The van der Waals surface area contributed by atoms with Crippen molar-refractivity contribution in [1.82, 2.24) is 9.78 Å². The lowest BCUT2D eigenvalue weighted by atomic mass is 10.2. The molecule has 1 N–H and O–H groups in total. The first-order valence-corrected chi connectivity index (χ1v) is 7.94. The average Bonchev–Trinajstić information content (AvgIpc) is 3.01. The van der Waals surface area contributed by atoms with E-state index in [1.807, 2.05) is 0 Å². The zero-order valence-electron chi connectivity index (χ0n) is 14.1. The summed E-state index contributed by atoms with van der Waals surface area (Å²) in [5.74, 6) is -3.41. The van der Waals surface area contributed by atoms with Crippen LogP contribution >= 0.6 is 0 Å². The van der Waals surface area contributed by atoms with E-state index >= 15 is 0 Å². The molecule has 0 spiro atoms. The number of aryl methyl sites for hydroxylation is 1. The van der Waals surface area contributed by atoms with Gasteiger partial charge >= 0.3 is 6.09 Å². The summed E-state index contributed by atoms with van der Waals surface area (Å²) >= 11 is 0. The van der Waals surface area contributed by atoms with E-state index in [0.29, 0.717) is 30.8 Å². The fraction of sp³-hybridized carbons (Fsp3) is 0.353. The van der Waals surface area contributed by atoms with E-state index in [1.54, 1.807) is 10.9 Å². The van der Waals surface area contributed by atoms with Crippen molar-refractivity contribution in [3.8, 4) is 0 Å². The van der Waals surface area contributed by atoms with Crippen molar-refractivity contribution < 1.29 is 27.5 Å². The molecule has 26 heavy (non-hydrogen) atoms. The van der Waals surface area contributed by atoms with Crippen LogP contribution in [-0.4, -0.2) is 21.7 Å². The summed E-state index contributed by atoms with van der Waals surface area (Å²) in [6.07, 6.45) is 4.13. The predicted molar refractivity (Wildman–Crippen MR) is 86.9 cm³/mol. The average molecular weight is 369 g/mol. The number of carbonyl (C=O) groups excluding carboxylic acids is 2. The van der Waals surface area contributed by atoms with Crippen molar-refractivity contribution in [3.63, 3.8) is 0 Å². The zero-order valence-corrected chi connectivity index (χ0v) is 14.1. The molecule has 1 aromatic heterocycles. The first-order chi connectivity index (χ1) is 12.3. The van der Waals surface area contributed by atoms with Crippen molar-refractivity contribution in [3.05, 3.63) is 47.5 Å². The molecule has 1 heterocycles. The van der Waals surface area contributed by atoms with Gasteiger partial charge in [0.25, 0.3) is 0 Å². The van der Waals surface area contributed by atoms with Gasteiger partial charge in [-0.2, -0.15) is 5.10 Å². The highest BCUT2D eigenvalue weighted by atomic mass is 19.2. The van der Waals surface area contributed by atoms with Crippen LogP contribution in [0.1, 0.15) is 31.7 Å². The highest BCUT2D eigenvalue weighted by Crippen LogP contribution is 2.15. The molecule has 0 aliphatic heterocycles. The van der Waals surface area contributed by atoms with Crippen LogP contribution in [0.15, 0.2) is 24.5 Å². The lowest BCUT2D eigenvalue weighted by Gasteiger charge is -2.07. The van der Waals surface area contributed by atoms with Crippen molar-refractivity contribution in [1.29, 1.82) is 0 Å². The molecule has 0 saturated heterocycles. The minimum atomic E-state index is -1.31. The van der Waals surface area contributed by atoms with Crippen molar-refractivity contribution in [2.24, 2.45) is 0 Å². The molecule has 0 bridgehead atoms. The largest absolute Gasteiger partial charge is 0.444 e. The summed E-state index contributed by atoms with van der Waals surface area (Å²) in [6.45, 7) is 1.58. The second kappa shape index (κ2) is 9.02. The Bertz CT molecular complexity index is 793. The first kappa shape index (κ1) is 19.5. The molecule has 0 atom stereocenters. The van der Waals surface area contributed by atoms with Crippen molar-refractivity contribution in [2.45, 2.75) is 39.3 Å². The fourth-order valence-corrected chi connectivity index (χ4v) is 2.17. The van der Waals surface area contributed by atoms with E-state index < -0.39 is 30.2 Å². The lowest BCUT2D eigenvalue weighted by Crippen LogP contribution is -2.14. The van der Waals surface area contributed by atoms with Crippen molar-refractivity contribution >= 4 is 17.6 Å². The van der Waals surface area contributed by atoms with Gasteiger partial charge in [0.15, 0.2) is 11.6 Å². The molecular formula is C17H18F3N3O3. The van der Waals surface area contributed by atoms with Gasteiger partial charge in [0.05, 0.1) is 11.9 Å². The Morgan fingerprint density at radius 1 is 1.15 bits per heavy atom. The maximum atomic E-state index is 13.5. The Morgan fingerprint density at radius 2 is 1.88 bits per heavy atom. The smallest absolute Gasteiger partial charge is 0.412 e. The maximum Gasteiger partial charge on any atom is 0.412 e. The number of amides is 1. The number of ketones is 1. The standard InChI is InChI=1S/C17H18F3N3O3/c1-11(24)4-2-3-5-23-9-13(8-21-23)22-17(25)26-10-12-6-15(19)16(20)7-14(12)18/h6-9H,2-5,10H2,1H3,(H,22,25). The van der Waals surface area contributed by atoms with Crippen LogP contribution in [0.4, 0.5) is 23.7 Å². The van der Waals surface area contributed by atoms with Crippen LogP contribution < -0.4 is 5.32 Å². The Balaban J connectivity index is 1.79. The summed E-state index contributed by atoms with van der Waals surface area (Å²) in [7, 11) is 0. The quantitative estimate of drug-likeness (QED) is 0.567. The summed E-state index contributed by atoms with van der Waals surface area (Å²) in [4.78, 5) is 22.5. The van der Waals surface area contributed by atoms with Gasteiger partial charge in [-0.25, -0.2) is 18.0 Å². The SMILES string of the molecule is CC(=O)CCCCn1cc(NC(=O)OCc2cc(F)c(F)cc2F)cn1. The van der Waals surface area contributed by atoms with Crippen LogP contribution in [0, 0.1) is 17.5 Å². The van der Waals surface area contributed by atoms with Gasteiger partial charge in [0.2, 0.25) is 0 Å². The van der Waals surface area contributed by atoms with Crippen LogP contribution in [0.25, 0.3) is 0 Å². The third-order valence-electron chi connectivity index (χ3n) is 3.49. The molecule has 9 heteroatoms. The Morgan fingerprint density at radius 3 is 2.62 bits per heavy atom. The zero-order chi connectivity index (χ0) is 19.1. The number of nitrogens with one attached hydrogen (secondary N) is 1. The number of halogens is 3. The monoisotopic (exact) mass is 369 g/mol. The number of ether oxygens (including phenoxy) is 1. The topological polar surface area (TPSA) is 73.2 Å². The van der Waals surface area contributed by atoms with E-state index in [9.17, 15) is 22.8 Å². The highest BCUT2D eigenvalue weighted by Gasteiger charge is 2.12. The van der Waals surface area contributed by atoms with E-state index in [4.69, 9.17) is 4.74 Å². The van der Waals surface area contributed by atoms with Gasteiger partial charge in [0, 0.05) is 30.8 Å². The predicted octanol–water partition coefficient (Wildman–Crippen LogP) is 3.81. The van der Waals surface area contributed by atoms with Gasteiger partial charge in [0.1, 0.15) is 18.2 Å². The van der Waals surface area contributed by atoms with Crippen molar-refractivity contribution in [2.75, 3.05) is 5.32 Å². The highest BCUT2D eigenvalue weighted by molar-refractivity contribution is 5.84. The Labute approximate surface area is 147 Å². The second-order valence-electron chi connectivity index (χ2n) is 5.71. The molecule has 0 radical (unpaired) electrons. The molecular weight excluding hydrogens is 351 g/mol. The fourth-order valence-electron chi connectivity index (χ4n) is 2.17. The van der Waals surface area contributed by atoms with E-state index in [0.717, 1.165) is 12.8 Å². The van der Waals surface area contributed by atoms with Gasteiger partial charge < -0.3 is 9.53 Å². The molecule has 0 fully saturated rings. The number of benzene rings is 1. The molecule has 0 unspecified atom stereocenters. The maximum absolute atomic E-state index is 13.5. The summed E-state index contributed by atoms with van der Waals surface area (Å²) in [5.41, 5.74) is 0.0903. The number of Topliss-reactive ketones (excluding diaryl/α,β-unsaturated/α-hetero) is 1. The Hall–Kier alpha value is -2.84. The number of hydrogen-bond acceptors (Lipinski definition) is 4. The molecule has 1 aromatic carbocycles. The van der Waals surface area contributed by atoms with Crippen LogP contribution in [0.3, 0.4) is 0 Å². The molecule has 2 rings (SSSR count). The summed E-state index contributed by atoms with van der Waals surface area (Å²) < 4.78 is 45.8. The van der Waals surface area contributed by atoms with Crippen LogP contribution in [0.2, 0.25) is 0 Å². The molecule has 0 aliphatic carbocycles. The minimum absolute atomic E-state index is 0.132. The van der Waals surface area contributed by atoms with Crippen LogP contribution in [0.5, 0.6) is 0 Å². The van der Waals surface area contributed by atoms with Gasteiger partial charge in [-0.15, -0.1) is 0 Å². The van der Waals surface area contributed by atoms with E-state index in [2.05, 4.69) is 10.4 Å². The van der Waals surface area contributed by atoms with Gasteiger partial charge in [-0.1, -0.05) is 0 Å². The lowest BCUT2D eigenvalue weighted by molar-refractivity contribution is -0.117. The normalized spacial score (nSPS) is 10.6. The van der Waals surface area contributed by atoms with Gasteiger partial charge in [-0.3, -0.25) is 10.00 Å². The minimum Gasteiger partial charge on any atom is -0.444 e. The van der Waals surface area contributed by atoms with E-state index in [1.165, 1.54) is 13.1 Å². The number of anilines is 1. The number of hydrogen-bond donors (Lipinski definition) is 1. The first-order valence-electron chi connectivity index (χ1n) is 7.94. The molecule has 6 nitrogen and oxygen atoms in total. The Kier molecular flexibility index (Phi) is 6.76. The molecule has 0 aliphatic rings. The van der Waals surface area contributed by atoms with Crippen LogP contribution in [-0.2, 0) is 22.7 Å². The van der Waals surface area contributed by atoms with Gasteiger partial charge in [-0.05, 0) is 25.8 Å². The summed E-state index contributed by atoms with van der Waals surface area (Å²) in [6, 6.07) is 1.03. The third kappa shape index (κ3) is 5.91. The number of rotatable bonds is 8. The second-order valence-corrected chi connectivity index (χ2v) is 5.71. The number of unbranched alkanes of at least 4 members (excludes halogenated alkanes) is 1. The number of aromatic nitrogens is 2.